The highest BCUT2D eigenvalue weighted by molar-refractivity contribution is 5.86. The van der Waals surface area contributed by atoms with Crippen LogP contribution in [0.25, 0.3) is 16.7 Å². The van der Waals surface area contributed by atoms with E-state index < -0.39 is 0 Å². The van der Waals surface area contributed by atoms with E-state index in [9.17, 15) is 5.26 Å². The molecule has 1 aromatic carbocycles. The van der Waals surface area contributed by atoms with Crippen molar-refractivity contribution < 1.29 is 0 Å². The summed E-state index contributed by atoms with van der Waals surface area (Å²) in [6, 6.07) is 10.6. The van der Waals surface area contributed by atoms with Gasteiger partial charge in [0.2, 0.25) is 0 Å². The lowest BCUT2D eigenvalue weighted by atomic mass is 10.0. The Morgan fingerprint density at radius 3 is 2.29 bits per heavy atom. The topological polar surface area (TPSA) is 53.1 Å². The number of anilines is 1. The van der Waals surface area contributed by atoms with Crippen LogP contribution in [0.4, 0.5) is 5.82 Å². The van der Waals surface area contributed by atoms with Gasteiger partial charge < -0.3 is 5.32 Å². The van der Waals surface area contributed by atoms with E-state index in [0.29, 0.717) is 5.56 Å². The molecule has 0 spiro atoms. The number of hydrogen-bond donors (Lipinski definition) is 1. The van der Waals surface area contributed by atoms with Crippen LogP contribution in [0, 0.1) is 18.3 Å². The number of pyridine rings is 1. The lowest BCUT2D eigenvalue weighted by Crippen LogP contribution is -2.12. The summed E-state index contributed by atoms with van der Waals surface area (Å²) in [6.45, 7) is 7.51. The molecular formula is C27H38N4. The van der Waals surface area contributed by atoms with Crippen molar-refractivity contribution in [1.29, 1.82) is 5.26 Å². The second-order valence-corrected chi connectivity index (χ2v) is 8.70. The molecule has 31 heavy (non-hydrogen) atoms. The Kier molecular flexibility index (Phi) is 8.76. The Labute approximate surface area is 187 Å². The molecule has 0 aliphatic heterocycles. The first-order valence-corrected chi connectivity index (χ1v) is 12.3. The van der Waals surface area contributed by atoms with E-state index in [1.165, 1.54) is 63.4 Å². The molecule has 4 nitrogen and oxygen atoms in total. The number of aromatic nitrogens is 2. The first-order valence-electron chi connectivity index (χ1n) is 12.3. The molecule has 0 atom stereocenters. The Morgan fingerprint density at radius 1 is 0.935 bits per heavy atom. The summed E-state index contributed by atoms with van der Waals surface area (Å²) in [4.78, 5) is 4.81. The minimum atomic E-state index is 0.702. The van der Waals surface area contributed by atoms with Gasteiger partial charge in [-0.1, -0.05) is 83.8 Å². The summed E-state index contributed by atoms with van der Waals surface area (Å²) < 4.78 is 2.18. The van der Waals surface area contributed by atoms with Crippen LogP contribution in [-0.4, -0.2) is 15.9 Å². The van der Waals surface area contributed by atoms with E-state index in [2.05, 4.69) is 42.6 Å². The molecule has 0 bridgehead atoms. The van der Waals surface area contributed by atoms with Crippen molar-refractivity contribution in [2.45, 2.75) is 91.4 Å². The van der Waals surface area contributed by atoms with Gasteiger partial charge in [-0.05, 0) is 43.0 Å². The number of fused-ring (bicyclic) bond motifs is 3. The van der Waals surface area contributed by atoms with Crippen LogP contribution < -0.4 is 5.32 Å². The SMILES string of the molecule is CCCCCCCCCCCNc1c(CCC)c(C)c(C#N)c2nc3ccccc3n12. The number of nitriles is 1. The minimum absolute atomic E-state index is 0.702. The first-order chi connectivity index (χ1) is 15.2. The average molecular weight is 419 g/mol. The molecule has 0 aliphatic carbocycles. The predicted molar refractivity (Wildman–Crippen MR) is 132 cm³/mol. The molecule has 166 valence electrons. The fourth-order valence-corrected chi connectivity index (χ4v) is 4.57. The number of rotatable bonds is 13. The van der Waals surface area contributed by atoms with Gasteiger partial charge in [0.05, 0.1) is 16.6 Å². The second kappa shape index (κ2) is 11.7. The van der Waals surface area contributed by atoms with E-state index in [1.807, 2.05) is 18.2 Å². The number of hydrogen-bond acceptors (Lipinski definition) is 3. The number of imidazole rings is 1. The molecule has 0 saturated carbocycles. The molecule has 2 heterocycles. The van der Waals surface area contributed by atoms with Crippen LogP contribution in [0.2, 0.25) is 0 Å². The number of para-hydroxylation sites is 2. The van der Waals surface area contributed by atoms with E-state index in [4.69, 9.17) is 4.98 Å². The molecule has 4 heteroatoms. The van der Waals surface area contributed by atoms with Crippen LogP contribution in [0.15, 0.2) is 24.3 Å². The van der Waals surface area contributed by atoms with Crippen LogP contribution in [0.3, 0.4) is 0 Å². The Bertz CT molecular complexity index is 1030. The summed E-state index contributed by atoms with van der Waals surface area (Å²) in [5, 5.41) is 13.6. The molecule has 1 N–H and O–H groups in total. The molecule has 2 aromatic heterocycles. The Balaban J connectivity index is 1.75. The smallest absolute Gasteiger partial charge is 0.157 e. The third-order valence-electron chi connectivity index (χ3n) is 6.31. The molecule has 0 aliphatic rings. The van der Waals surface area contributed by atoms with Crippen LogP contribution in [0.1, 0.15) is 94.7 Å². The van der Waals surface area contributed by atoms with Crippen molar-refractivity contribution >= 4 is 22.5 Å². The standard InChI is InChI=1S/C27H38N4/c1-4-6-7-8-9-10-11-12-15-19-29-26-22(16-5-2)21(3)23(20-28)27-30-24-17-13-14-18-25(24)31(26)27/h13-14,17-18,29H,4-12,15-16,19H2,1-3H3. The van der Waals surface area contributed by atoms with Gasteiger partial charge in [0.1, 0.15) is 11.9 Å². The van der Waals surface area contributed by atoms with Crippen molar-refractivity contribution in [3.05, 3.63) is 41.0 Å². The molecule has 3 rings (SSSR count). The summed E-state index contributed by atoms with van der Waals surface area (Å²) in [5.74, 6) is 1.13. The van der Waals surface area contributed by atoms with E-state index in [-0.39, 0.29) is 0 Å². The van der Waals surface area contributed by atoms with Gasteiger partial charge in [0.15, 0.2) is 5.65 Å². The highest BCUT2D eigenvalue weighted by Crippen LogP contribution is 2.31. The van der Waals surface area contributed by atoms with Crippen molar-refractivity contribution in [2.24, 2.45) is 0 Å². The maximum absolute atomic E-state index is 9.87. The van der Waals surface area contributed by atoms with Gasteiger partial charge >= 0.3 is 0 Å². The number of benzene rings is 1. The number of nitrogens with one attached hydrogen (secondary N) is 1. The first kappa shape index (κ1) is 23.1. The zero-order chi connectivity index (χ0) is 22.1. The molecule has 0 fully saturated rings. The van der Waals surface area contributed by atoms with Crippen LogP contribution in [-0.2, 0) is 6.42 Å². The number of nitrogens with zero attached hydrogens (tertiary/aromatic N) is 3. The van der Waals surface area contributed by atoms with Gasteiger partial charge in [-0.15, -0.1) is 0 Å². The lowest BCUT2D eigenvalue weighted by molar-refractivity contribution is 0.569. The summed E-state index contributed by atoms with van der Waals surface area (Å²) in [6.07, 6.45) is 14.0. The Morgan fingerprint density at radius 2 is 1.61 bits per heavy atom. The Hall–Kier alpha value is -2.54. The average Bonchev–Trinajstić information content (AvgIpc) is 3.16. The van der Waals surface area contributed by atoms with E-state index in [1.54, 1.807) is 0 Å². The maximum Gasteiger partial charge on any atom is 0.157 e. The molecule has 0 radical (unpaired) electrons. The third kappa shape index (κ3) is 5.39. The highest BCUT2D eigenvalue weighted by Gasteiger charge is 2.19. The number of unbranched alkanes of at least 4 members (excludes halogenated alkanes) is 8. The van der Waals surface area contributed by atoms with Gasteiger partial charge in [-0.3, -0.25) is 4.40 Å². The van der Waals surface area contributed by atoms with Crippen molar-refractivity contribution in [3.63, 3.8) is 0 Å². The maximum atomic E-state index is 9.87. The van der Waals surface area contributed by atoms with Gasteiger partial charge in [0, 0.05) is 6.54 Å². The summed E-state index contributed by atoms with van der Waals surface area (Å²) >= 11 is 0. The quantitative estimate of drug-likeness (QED) is 0.291. The minimum Gasteiger partial charge on any atom is -0.371 e. The van der Waals surface area contributed by atoms with Gasteiger partial charge in [-0.2, -0.15) is 5.26 Å². The predicted octanol–water partition coefficient (Wildman–Crippen LogP) is 7.56. The molecule has 3 aromatic rings. The zero-order valence-electron chi connectivity index (χ0n) is 19.6. The van der Waals surface area contributed by atoms with Gasteiger partial charge in [0.25, 0.3) is 0 Å². The van der Waals surface area contributed by atoms with Crippen molar-refractivity contribution in [2.75, 3.05) is 11.9 Å². The van der Waals surface area contributed by atoms with E-state index >= 15 is 0 Å². The van der Waals surface area contributed by atoms with Crippen LogP contribution >= 0.6 is 0 Å². The normalized spacial score (nSPS) is 11.3. The lowest BCUT2D eigenvalue weighted by Gasteiger charge is -2.18. The highest BCUT2D eigenvalue weighted by atomic mass is 15.1. The fraction of sp³-hybridized carbons (Fsp3) is 0.556. The summed E-state index contributed by atoms with van der Waals surface area (Å²) in [5.41, 5.74) is 5.82. The van der Waals surface area contributed by atoms with E-state index in [0.717, 1.165) is 47.4 Å². The third-order valence-corrected chi connectivity index (χ3v) is 6.31. The molecular weight excluding hydrogens is 380 g/mol. The fourth-order valence-electron chi connectivity index (χ4n) is 4.57. The second-order valence-electron chi connectivity index (χ2n) is 8.70. The van der Waals surface area contributed by atoms with Gasteiger partial charge in [-0.25, -0.2) is 4.98 Å². The summed E-state index contributed by atoms with van der Waals surface area (Å²) in [7, 11) is 0. The zero-order valence-corrected chi connectivity index (χ0v) is 19.6. The largest absolute Gasteiger partial charge is 0.371 e. The van der Waals surface area contributed by atoms with Crippen molar-refractivity contribution in [1.82, 2.24) is 9.38 Å². The molecule has 0 saturated heterocycles. The molecule has 0 amide bonds. The van der Waals surface area contributed by atoms with Crippen molar-refractivity contribution in [3.8, 4) is 6.07 Å². The molecule has 0 unspecified atom stereocenters. The monoisotopic (exact) mass is 418 g/mol. The van der Waals surface area contributed by atoms with Crippen LogP contribution in [0.5, 0.6) is 0 Å².